The summed E-state index contributed by atoms with van der Waals surface area (Å²) in [6, 6.07) is 11.6. The van der Waals surface area contributed by atoms with Crippen molar-refractivity contribution in [1.29, 1.82) is 0 Å². The predicted octanol–water partition coefficient (Wildman–Crippen LogP) is 3.88. The van der Waals surface area contributed by atoms with Gasteiger partial charge in [0.05, 0.1) is 12.6 Å². The van der Waals surface area contributed by atoms with Gasteiger partial charge in [-0.05, 0) is 30.5 Å². The van der Waals surface area contributed by atoms with Crippen LogP contribution in [0.1, 0.15) is 23.7 Å². The largest absolute Gasteiger partial charge is 0.349 e. The molecule has 0 aliphatic heterocycles. The van der Waals surface area contributed by atoms with Crippen LogP contribution in [0, 0.1) is 0 Å². The lowest BCUT2D eigenvalue weighted by Crippen LogP contribution is -2.38. The first kappa shape index (κ1) is 17.4. The summed E-state index contributed by atoms with van der Waals surface area (Å²) >= 11 is 7.70. The Morgan fingerprint density at radius 1 is 1.36 bits per heavy atom. The molecule has 0 aliphatic rings. The summed E-state index contributed by atoms with van der Waals surface area (Å²) in [5.41, 5.74) is 0.816. The molecular formula is C17H18ClN5OS. The number of aromatic nitrogens is 2. The van der Waals surface area contributed by atoms with Gasteiger partial charge in [0, 0.05) is 22.5 Å². The first-order chi connectivity index (χ1) is 12.2. The summed E-state index contributed by atoms with van der Waals surface area (Å²) in [5, 5.41) is 13.2. The van der Waals surface area contributed by atoms with Crippen molar-refractivity contribution < 1.29 is 4.52 Å². The third-order valence-corrected chi connectivity index (χ3v) is 4.79. The molecule has 6 nitrogen and oxygen atoms in total. The summed E-state index contributed by atoms with van der Waals surface area (Å²) in [7, 11) is 1.72. The zero-order valence-electron chi connectivity index (χ0n) is 13.9. The lowest BCUT2D eigenvalue weighted by Gasteiger charge is -2.15. The Balaban J connectivity index is 1.59. The van der Waals surface area contributed by atoms with Gasteiger partial charge in [0.1, 0.15) is 0 Å². The minimum Gasteiger partial charge on any atom is -0.349 e. The molecule has 2 heterocycles. The Hall–Kier alpha value is -2.38. The number of hydrogen-bond donors (Lipinski definition) is 2. The molecule has 1 aromatic carbocycles. The van der Waals surface area contributed by atoms with Crippen molar-refractivity contribution in [2.24, 2.45) is 4.99 Å². The maximum Gasteiger partial charge on any atom is 0.246 e. The van der Waals surface area contributed by atoms with Gasteiger partial charge in [-0.1, -0.05) is 35.0 Å². The second-order valence-electron chi connectivity index (χ2n) is 5.33. The number of rotatable bonds is 5. The van der Waals surface area contributed by atoms with E-state index >= 15 is 0 Å². The molecule has 2 N–H and O–H groups in total. The van der Waals surface area contributed by atoms with Gasteiger partial charge in [-0.3, -0.25) is 4.99 Å². The molecule has 0 fully saturated rings. The van der Waals surface area contributed by atoms with Crippen LogP contribution in [-0.4, -0.2) is 23.1 Å². The molecule has 1 unspecified atom stereocenters. The van der Waals surface area contributed by atoms with Crippen LogP contribution in [-0.2, 0) is 6.54 Å². The second kappa shape index (κ2) is 8.13. The Morgan fingerprint density at radius 3 is 2.96 bits per heavy atom. The average molecular weight is 376 g/mol. The lowest BCUT2D eigenvalue weighted by atomic mass is 10.2. The van der Waals surface area contributed by atoms with Gasteiger partial charge in [0.15, 0.2) is 5.96 Å². The number of aliphatic imine (C=N–C) groups is 1. The van der Waals surface area contributed by atoms with E-state index in [1.54, 1.807) is 30.5 Å². The van der Waals surface area contributed by atoms with E-state index in [9.17, 15) is 0 Å². The van der Waals surface area contributed by atoms with Crippen molar-refractivity contribution in [2.75, 3.05) is 7.05 Å². The molecule has 130 valence electrons. The first-order valence-corrected chi connectivity index (χ1v) is 9.00. The Morgan fingerprint density at radius 2 is 2.24 bits per heavy atom. The number of nitrogens with one attached hydrogen (secondary N) is 2. The molecule has 2 aromatic heterocycles. The third-order valence-electron chi connectivity index (χ3n) is 3.50. The number of nitrogens with zero attached hydrogens (tertiary/aromatic N) is 3. The van der Waals surface area contributed by atoms with E-state index in [-0.39, 0.29) is 6.04 Å². The molecule has 0 amide bonds. The number of halogens is 1. The van der Waals surface area contributed by atoms with Crippen molar-refractivity contribution in [2.45, 2.75) is 19.5 Å². The SMILES string of the molecule is CN=C(NCc1nc(-c2cccc(Cl)c2)no1)NC(C)c1cccs1. The quantitative estimate of drug-likeness (QED) is 0.523. The first-order valence-electron chi connectivity index (χ1n) is 7.75. The molecule has 0 aliphatic carbocycles. The van der Waals surface area contributed by atoms with Crippen LogP contribution >= 0.6 is 22.9 Å². The fraction of sp³-hybridized carbons (Fsp3) is 0.235. The lowest BCUT2D eigenvalue weighted by molar-refractivity contribution is 0.375. The molecule has 3 rings (SSSR count). The Kier molecular flexibility index (Phi) is 5.67. The van der Waals surface area contributed by atoms with Crippen LogP contribution in [0.2, 0.25) is 5.02 Å². The summed E-state index contributed by atoms with van der Waals surface area (Å²) in [6.45, 7) is 2.47. The van der Waals surface area contributed by atoms with E-state index in [0.717, 1.165) is 5.56 Å². The van der Waals surface area contributed by atoms with Crippen molar-refractivity contribution in [1.82, 2.24) is 20.8 Å². The van der Waals surface area contributed by atoms with Gasteiger partial charge in [0.25, 0.3) is 0 Å². The van der Waals surface area contributed by atoms with Crippen LogP contribution in [0.15, 0.2) is 51.3 Å². The summed E-state index contributed by atoms with van der Waals surface area (Å²) in [5.74, 6) is 1.65. The minimum absolute atomic E-state index is 0.163. The van der Waals surface area contributed by atoms with Crippen LogP contribution in [0.25, 0.3) is 11.4 Å². The van der Waals surface area contributed by atoms with E-state index in [4.69, 9.17) is 16.1 Å². The molecule has 0 radical (unpaired) electrons. The molecule has 25 heavy (non-hydrogen) atoms. The minimum atomic E-state index is 0.163. The zero-order valence-corrected chi connectivity index (χ0v) is 15.4. The molecular weight excluding hydrogens is 358 g/mol. The predicted molar refractivity (Wildman–Crippen MR) is 101 cm³/mol. The third kappa shape index (κ3) is 4.58. The molecule has 0 spiro atoms. The zero-order chi connectivity index (χ0) is 17.6. The van der Waals surface area contributed by atoms with Crippen molar-refractivity contribution in [3.8, 4) is 11.4 Å². The fourth-order valence-electron chi connectivity index (χ4n) is 2.24. The van der Waals surface area contributed by atoms with Gasteiger partial charge in [0.2, 0.25) is 11.7 Å². The summed E-state index contributed by atoms with van der Waals surface area (Å²) in [4.78, 5) is 9.84. The van der Waals surface area contributed by atoms with Crippen molar-refractivity contribution in [3.05, 3.63) is 57.6 Å². The highest BCUT2D eigenvalue weighted by Gasteiger charge is 2.11. The highest BCUT2D eigenvalue weighted by molar-refractivity contribution is 7.10. The van der Waals surface area contributed by atoms with Crippen LogP contribution in [0.5, 0.6) is 0 Å². The highest BCUT2D eigenvalue weighted by Crippen LogP contribution is 2.20. The smallest absolute Gasteiger partial charge is 0.246 e. The van der Waals surface area contributed by atoms with Gasteiger partial charge in [-0.25, -0.2) is 0 Å². The van der Waals surface area contributed by atoms with Crippen molar-refractivity contribution in [3.63, 3.8) is 0 Å². The van der Waals surface area contributed by atoms with Gasteiger partial charge >= 0.3 is 0 Å². The maximum atomic E-state index is 5.99. The standard InChI is InChI=1S/C17H18ClN5OS/c1-11(14-7-4-8-25-14)21-17(19-2)20-10-15-22-16(23-24-15)12-5-3-6-13(18)9-12/h3-9,11H,10H2,1-2H3,(H2,19,20,21). The van der Waals surface area contributed by atoms with E-state index in [1.165, 1.54) is 4.88 Å². The molecule has 3 aromatic rings. The topological polar surface area (TPSA) is 75.3 Å². The number of benzene rings is 1. The Labute approximate surface area is 154 Å². The summed E-state index contributed by atoms with van der Waals surface area (Å²) in [6.07, 6.45) is 0. The van der Waals surface area contributed by atoms with Crippen LogP contribution < -0.4 is 10.6 Å². The fourth-order valence-corrected chi connectivity index (χ4v) is 3.16. The second-order valence-corrected chi connectivity index (χ2v) is 6.74. The van der Waals surface area contributed by atoms with Crippen LogP contribution in [0.4, 0.5) is 0 Å². The molecule has 0 saturated carbocycles. The van der Waals surface area contributed by atoms with E-state index < -0.39 is 0 Å². The number of hydrogen-bond acceptors (Lipinski definition) is 5. The van der Waals surface area contributed by atoms with Gasteiger partial charge < -0.3 is 15.2 Å². The normalized spacial score (nSPS) is 12.8. The molecule has 0 bridgehead atoms. The Bertz CT molecular complexity index is 846. The van der Waals surface area contributed by atoms with E-state index in [1.807, 2.05) is 18.2 Å². The molecule has 8 heteroatoms. The van der Waals surface area contributed by atoms with Crippen LogP contribution in [0.3, 0.4) is 0 Å². The molecule has 1 atom stereocenters. The van der Waals surface area contributed by atoms with Crippen molar-refractivity contribution >= 4 is 28.9 Å². The monoisotopic (exact) mass is 375 g/mol. The maximum absolute atomic E-state index is 5.99. The number of thiophene rings is 1. The molecule has 0 saturated heterocycles. The van der Waals surface area contributed by atoms with Gasteiger partial charge in [-0.2, -0.15) is 4.98 Å². The van der Waals surface area contributed by atoms with E-state index in [0.29, 0.717) is 29.2 Å². The average Bonchev–Trinajstić information content (AvgIpc) is 3.30. The van der Waals surface area contributed by atoms with Gasteiger partial charge in [-0.15, -0.1) is 11.3 Å². The summed E-state index contributed by atoms with van der Waals surface area (Å²) < 4.78 is 5.28. The van der Waals surface area contributed by atoms with E-state index in [2.05, 4.69) is 44.1 Å². The highest BCUT2D eigenvalue weighted by atomic mass is 35.5. The number of guanidine groups is 1.